The molecule has 0 saturated carbocycles. The van der Waals surface area contributed by atoms with Gasteiger partial charge in [0.2, 0.25) is 0 Å². The van der Waals surface area contributed by atoms with Crippen molar-refractivity contribution < 1.29 is 22.4 Å². The van der Waals surface area contributed by atoms with Crippen LogP contribution in [0.2, 0.25) is 0 Å². The topological polar surface area (TPSA) is 45.0 Å². The molecule has 1 saturated heterocycles. The van der Waals surface area contributed by atoms with Crippen LogP contribution in [0.1, 0.15) is 16.9 Å². The van der Waals surface area contributed by atoms with Gasteiger partial charge < -0.3 is 14.2 Å². The highest BCUT2D eigenvalue weighted by molar-refractivity contribution is 5.59. The second kappa shape index (κ2) is 10.7. The van der Waals surface area contributed by atoms with E-state index in [1.165, 1.54) is 41.1 Å². The molecule has 2 heterocycles. The molecule has 4 rings (SSSR count). The Morgan fingerprint density at radius 3 is 2.37 bits per heavy atom. The number of nitrogens with zero attached hydrogens (tertiary/aromatic N) is 4. The SMILES string of the molecule is Cc1ccc(N2CCN(CCN(C)Cc3cc(-c4ccc(OC(F)(F)F)cc4)no3)CC2)c(C)c1. The first-order valence-corrected chi connectivity index (χ1v) is 11.7. The maximum absolute atomic E-state index is 12.3. The van der Waals surface area contributed by atoms with Gasteiger partial charge in [-0.3, -0.25) is 9.80 Å². The Bertz CT molecular complexity index is 1110. The predicted octanol–water partition coefficient (Wildman–Crippen LogP) is 5.11. The molecule has 1 aliphatic heterocycles. The minimum Gasteiger partial charge on any atom is -0.406 e. The number of anilines is 1. The lowest BCUT2D eigenvalue weighted by Crippen LogP contribution is -2.48. The van der Waals surface area contributed by atoms with Gasteiger partial charge in [0, 0.05) is 56.6 Å². The van der Waals surface area contributed by atoms with E-state index >= 15 is 0 Å². The van der Waals surface area contributed by atoms with Crippen molar-refractivity contribution >= 4 is 5.69 Å². The third-order valence-electron chi connectivity index (χ3n) is 6.23. The highest BCUT2D eigenvalue weighted by Gasteiger charge is 2.31. The number of hydrogen-bond acceptors (Lipinski definition) is 6. The largest absolute Gasteiger partial charge is 0.573 e. The van der Waals surface area contributed by atoms with E-state index in [0.717, 1.165) is 39.3 Å². The van der Waals surface area contributed by atoms with Crippen molar-refractivity contribution in [2.24, 2.45) is 0 Å². The van der Waals surface area contributed by atoms with E-state index in [9.17, 15) is 13.2 Å². The van der Waals surface area contributed by atoms with Gasteiger partial charge in [0.05, 0.1) is 6.54 Å². The second-order valence-electron chi connectivity index (χ2n) is 9.11. The number of ether oxygens (including phenoxy) is 1. The second-order valence-corrected chi connectivity index (χ2v) is 9.11. The van der Waals surface area contributed by atoms with Crippen molar-refractivity contribution in [3.8, 4) is 17.0 Å². The summed E-state index contributed by atoms with van der Waals surface area (Å²) in [6.07, 6.45) is -4.71. The van der Waals surface area contributed by atoms with Crippen molar-refractivity contribution in [2.45, 2.75) is 26.8 Å². The Balaban J connectivity index is 1.22. The Hall–Kier alpha value is -3.04. The summed E-state index contributed by atoms with van der Waals surface area (Å²) in [6.45, 7) is 10.9. The van der Waals surface area contributed by atoms with E-state index in [4.69, 9.17) is 4.52 Å². The molecule has 188 valence electrons. The molecule has 1 aliphatic rings. The standard InChI is InChI=1S/C26H31F3N4O2/c1-19-4-9-25(20(2)16-19)33-14-12-32(13-15-33)11-10-31(3)18-23-17-24(30-35-23)21-5-7-22(8-6-21)34-26(27,28)29/h4-9,16-17H,10-15,18H2,1-3H3. The molecule has 2 aromatic carbocycles. The summed E-state index contributed by atoms with van der Waals surface area (Å²) in [5.74, 6) is 0.442. The Labute approximate surface area is 203 Å². The highest BCUT2D eigenvalue weighted by Crippen LogP contribution is 2.27. The van der Waals surface area contributed by atoms with Crippen LogP contribution in [0.4, 0.5) is 18.9 Å². The van der Waals surface area contributed by atoms with Crippen molar-refractivity contribution in [1.82, 2.24) is 15.0 Å². The van der Waals surface area contributed by atoms with Crippen LogP contribution in [0, 0.1) is 13.8 Å². The first kappa shape index (κ1) is 25.1. The Morgan fingerprint density at radius 1 is 1.00 bits per heavy atom. The molecule has 3 aromatic rings. The number of halogens is 3. The van der Waals surface area contributed by atoms with Crippen molar-refractivity contribution in [3.05, 3.63) is 65.4 Å². The number of rotatable bonds is 8. The van der Waals surface area contributed by atoms with Crippen LogP contribution in [0.5, 0.6) is 5.75 Å². The van der Waals surface area contributed by atoms with Gasteiger partial charge in [-0.1, -0.05) is 22.9 Å². The molecule has 35 heavy (non-hydrogen) atoms. The quantitative estimate of drug-likeness (QED) is 0.439. The van der Waals surface area contributed by atoms with Crippen LogP contribution in [-0.4, -0.2) is 67.6 Å². The van der Waals surface area contributed by atoms with Crippen molar-refractivity contribution in [1.29, 1.82) is 0 Å². The molecule has 0 N–H and O–H groups in total. The lowest BCUT2D eigenvalue weighted by molar-refractivity contribution is -0.274. The molecule has 1 aromatic heterocycles. The molecular weight excluding hydrogens is 457 g/mol. The van der Waals surface area contributed by atoms with Crippen molar-refractivity contribution in [2.75, 3.05) is 51.2 Å². The van der Waals surface area contributed by atoms with E-state index in [2.05, 4.69) is 56.6 Å². The molecule has 0 atom stereocenters. The molecule has 0 spiro atoms. The number of piperazine rings is 1. The fourth-order valence-electron chi connectivity index (χ4n) is 4.38. The molecule has 0 amide bonds. The Morgan fingerprint density at radius 2 is 1.71 bits per heavy atom. The minimum absolute atomic E-state index is 0.264. The summed E-state index contributed by atoms with van der Waals surface area (Å²) in [5.41, 5.74) is 5.19. The first-order chi connectivity index (χ1) is 16.7. The summed E-state index contributed by atoms with van der Waals surface area (Å²) >= 11 is 0. The smallest absolute Gasteiger partial charge is 0.406 e. The van der Waals surface area contributed by atoms with Crippen LogP contribution < -0.4 is 9.64 Å². The third-order valence-corrected chi connectivity index (χ3v) is 6.23. The van der Waals surface area contributed by atoms with E-state index in [0.29, 0.717) is 23.6 Å². The average Bonchev–Trinajstić information content (AvgIpc) is 3.26. The predicted molar refractivity (Wildman–Crippen MR) is 130 cm³/mol. The van der Waals surface area contributed by atoms with Crippen LogP contribution in [-0.2, 0) is 6.54 Å². The van der Waals surface area contributed by atoms with Gasteiger partial charge in [-0.05, 0) is 56.8 Å². The molecule has 1 fully saturated rings. The molecule has 9 heteroatoms. The zero-order valence-corrected chi connectivity index (χ0v) is 20.3. The van der Waals surface area contributed by atoms with E-state index in [1.54, 1.807) is 0 Å². The fourth-order valence-corrected chi connectivity index (χ4v) is 4.38. The lowest BCUT2D eigenvalue weighted by Gasteiger charge is -2.37. The van der Waals surface area contributed by atoms with E-state index < -0.39 is 6.36 Å². The number of benzene rings is 2. The minimum atomic E-state index is -4.71. The maximum Gasteiger partial charge on any atom is 0.573 e. The Kier molecular flexibility index (Phi) is 7.66. The van der Waals surface area contributed by atoms with E-state index in [-0.39, 0.29) is 5.75 Å². The third kappa shape index (κ3) is 6.99. The summed E-state index contributed by atoms with van der Waals surface area (Å²) < 4.78 is 46.3. The monoisotopic (exact) mass is 488 g/mol. The van der Waals surface area contributed by atoms with Crippen LogP contribution in [0.15, 0.2) is 53.1 Å². The van der Waals surface area contributed by atoms with Gasteiger partial charge in [0.15, 0.2) is 5.76 Å². The number of likely N-dealkylation sites (N-methyl/N-ethyl adjacent to an activating group) is 1. The number of hydrogen-bond donors (Lipinski definition) is 0. The highest BCUT2D eigenvalue weighted by atomic mass is 19.4. The summed E-state index contributed by atoms with van der Waals surface area (Å²) in [6, 6.07) is 14.1. The average molecular weight is 489 g/mol. The fraction of sp³-hybridized carbons (Fsp3) is 0.423. The zero-order chi connectivity index (χ0) is 25.0. The molecule has 0 aliphatic carbocycles. The number of aromatic nitrogens is 1. The zero-order valence-electron chi connectivity index (χ0n) is 20.3. The van der Waals surface area contributed by atoms with Gasteiger partial charge in [0.25, 0.3) is 0 Å². The number of alkyl halides is 3. The first-order valence-electron chi connectivity index (χ1n) is 11.7. The molecule has 0 radical (unpaired) electrons. The molecule has 0 bridgehead atoms. The van der Waals surface area contributed by atoms with Gasteiger partial charge >= 0.3 is 6.36 Å². The number of aryl methyl sites for hydroxylation is 2. The van der Waals surface area contributed by atoms with Crippen molar-refractivity contribution in [3.63, 3.8) is 0 Å². The molecule has 0 unspecified atom stereocenters. The van der Waals surface area contributed by atoms with Gasteiger partial charge in [-0.25, -0.2) is 0 Å². The van der Waals surface area contributed by atoms with Crippen LogP contribution in [0.25, 0.3) is 11.3 Å². The van der Waals surface area contributed by atoms with Gasteiger partial charge in [-0.15, -0.1) is 13.2 Å². The van der Waals surface area contributed by atoms with Crippen LogP contribution in [0.3, 0.4) is 0 Å². The van der Waals surface area contributed by atoms with Gasteiger partial charge in [0.1, 0.15) is 11.4 Å². The molecule has 6 nitrogen and oxygen atoms in total. The van der Waals surface area contributed by atoms with Gasteiger partial charge in [-0.2, -0.15) is 0 Å². The normalized spacial score (nSPS) is 15.1. The summed E-state index contributed by atoms with van der Waals surface area (Å²) in [5, 5.41) is 4.06. The summed E-state index contributed by atoms with van der Waals surface area (Å²) in [7, 11) is 2.04. The van der Waals surface area contributed by atoms with E-state index in [1.807, 2.05) is 13.1 Å². The molecular formula is C26H31F3N4O2. The van der Waals surface area contributed by atoms with Crippen LogP contribution >= 0.6 is 0 Å². The lowest BCUT2D eigenvalue weighted by atomic mass is 10.1. The summed E-state index contributed by atoms with van der Waals surface area (Å²) in [4.78, 5) is 7.13. The maximum atomic E-state index is 12.3.